The molecule has 1 saturated carbocycles. The maximum atomic E-state index is 12.8. The maximum absolute atomic E-state index is 12.8. The summed E-state index contributed by atoms with van der Waals surface area (Å²) in [5.41, 5.74) is 0. The number of carbonyl (C=O) groups excluding carboxylic acids is 2. The second kappa shape index (κ2) is 37.9. The molecule has 1 fully saturated rings. The molecule has 364 valence electrons. The van der Waals surface area contributed by atoms with E-state index in [1.165, 1.54) is 32.1 Å². The fourth-order valence-electron chi connectivity index (χ4n) is 6.18. The molecule has 1 aliphatic rings. The molecule has 0 aromatic heterocycles. The fraction of sp³-hybridized carbons (Fsp3) is 0.633. The number of hydrogen-bond donors (Lipinski definition) is 7. The van der Waals surface area contributed by atoms with Gasteiger partial charge in [-0.15, -0.1) is 0 Å². The van der Waals surface area contributed by atoms with Crippen LogP contribution in [0.1, 0.15) is 136 Å². The quantitative estimate of drug-likeness (QED) is 0.0104. The van der Waals surface area contributed by atoms with Gasteiger partial charge in [-0.05, 0) is 83.5 Å². The summed E-state index contributed by atoms with van der Waals surface area (Å²) >= 11 is 0. The third-order valence-corrected chi connectivity index (χ3v) is 11.0. The van der Waals surface area contributed by atoms with E-state index in [0.717, 1.165) is 38.5 Å². The molecule has 0 radical (unpaired) electrons. The lowest BCUT2D eigenvalue weighted by Crippen LogP contribution is -2.64. The van der Waals surface area contributed by atoms with Gasteiger partial charge in [-0.1, -0.05) is 137 Å². The first-order valence-electron chi connectivity index (χ1n) is 23.1. The molecule has 1 aliphatic carbocycles. The smallest absolute Gasteiger partial charge is 0.462 e. The number of phosphoric ester groups is 1. The van der Waals surface area contributed by atoms with Crippen LogP contribution in [0.15, 0.2) is 97.2 Å². The number of hydrogen-bond acceptors (Lipinski definition) is 13. The summed E-state index contributed by atoms with van der Waals surface area (Å²) in [5.74, 6) is -1.28. The first-order valence-corrected chi connectivity index (χ1v) is 24.6. The zero-order valence-corrected chi connectivity index (χ0v) is 39.0. The molecule has 3 unspecified atom stereocenters. The average molecular weight is 923 g/mol. The molecular weight excluding hydrogens is 843 g/mol. The van der Waals surface area contributed by atoms with Gasteiger partial charge >= 0.3 is 19.8 Å². The van der Waals surface area contributed by atoms with Crippen LogP contribution in [-0.2, 0) is 32.7 Å². The SMILES string of the molecule is CCCCC/C=C\C/C=C\C/C=C\C/C=C\CCCC(=O)OC[C@H](COP(=O)(O)OC1[C@H](O)[C@H](O)C(O)[C@H](O)[C@H]1O)OC(=O)CCC/C=C\C/C=C\C=C\[C@@H](O)C/C=C\CCCCC. The number of esters is 2. The van der Waals surface area contributed by atoms with Gasteiger partial charge in [-0.2, -0.15) is 0 Å². The van der Waals surface area contributed by atoms with Gasteiger partial charge < -0.3 is 45.0 Å². The fourth-order valence-corrected chi connectivity index (χ4v) is 7.15. The topological polar surface area (TPSA) is 230 Å². The second-order valence-electron chi connectivity index (χ2n) is 15.7. The zero-order chi connectivity index (χ0) is 47.3. The largest absolute Gasteiger partial charge is 0.472 e. The van der Waals surface area contributed by atoms with E-state index in [4.69, 9.17) is 18.5 Å². The number of aliphatic hydroxyl groups is 6. The highest BCUT2D eigenvalue weighted by molar-refractivity contribution is 7.47. The molecule has 0 saturated heterocycles. The van der Waals surface area contributed by atoms with Crippen LogP contribution in [0.4, 0.5) is 0 Å². The Hall–Kier alpha value is -3.27. The van der Waals surface area contributed by atoms with Gasteiger partial charge in [0, 0.05) is 12.8 Å². The Morgan fingerprint density at radius 3 is 1.55 bits per heavy atom. The van der Waals surface area contributed by atoms with Crippen LogP contribution in [0.5, 0.6) is 0 Å². The lowest BCUT2D eigenvalue weighted by Gasteiger charge is -2.41. The number of carbonyl (C=O) groups is 2. The van der Waals surface area contributed by atoms with Crippen LogP contribution in [0, 0.1) is 0 Å². The predicted molar refractivity (Wildman–Crippen MR) is 250 cm³/mol. The lowest BCUT2D eigenvalue weighted by molar-refractivity contribution is -0.220. The highest BCUT2D eigenvalue weighted by Gasteiger charge is 2.51. The third-order valence-electron chi connectivity index (χ3n) is 9.98. The van der Waals surface area contributed by atoms with Crippen LogP contribution in [-0.4, -0.2) is 110 Å². The van der Waals surface area contributed by atoms with Crippen molar-refractivity contribution in [2.45, 2.75) is 185 Å². The highest BCUT2D eigenvalue weighted by Crippen LogP contribution is 2.47. The molecule has 64 heavy (non-hydrogen) atoms. The van der Waals surface area contributed by atoms with Gasteiger partial charge in [0.05, 0.1) is 12.7 Å². The Balaban J connectivity index is 2.59. The standard InChI is InChI=1S/C49H79O14P/c1-3-5-7-9-11-12-13-14-15-16-17-18-19-20-24-28-32-36-42(51)60-38-41(39-61-64(58,59)63-49-47(56)45(54)44(53)46(55)48(49)57)62-43(52)37-33-29-25-22-21-23-27-31-35-40(50)34-30-26-10-8-6-4-2/h11-12,14-15,17-18,20,22-27,30-31,35,40-41,44-50,53-57H,3-10,13,16,19,21,28-29,32-34,36-39H2,1-2H3,(H,58,59)/b12-11-,15-14-,18-17-,24-20-,25-22-,27-23-,30-26-,35-31+/t40-,41+,44?,45-,46+,47+,48+,49?/m0/s1. The van der Waals surface area contributed by atoms with E-state index in [1.807, 2.05) is 42.5 Å². The molecule has 0 amide bonds. The van der Waals surface area contributed by atoms with Crippen molar-refractivity contribution < 1.29 is 68.2 Å². The first-order chi connectivity index (χ1) is 30.8. The molecular formula is C49H79O14P. The number of phosphoric acid groups is 1. The number of allylic oxidation sites excluding steroid dienone is 14. The molecule has 15 heteroatoms. The van der Waals surface area contributed by atoms with Crippen molar-refractivity contribution in [3.63, 3.8) is 0 Å². The van der Waals surface area contributed by atoms with Gasteiger partial charge in [-0.3, -0.25) is 18.6 Å². The van der Waals surface area contributed by atoms with E-state index >= 15 is 0 Å². The summed E-state index contributed by atoms with van der Waals surface area (Å²) in [7, 11) is -5.17. The highest BCUT2D eigenvalue weighted by atomic mass is 31.2. The minimum Gasteiger partial charge on any atom is -0.462 e. The van der Waals surface area contributed by atoms with Crippen LogP contribution >= 0.6 is 7.82 Å². The van der Waals surface area contributed by atoms with Crippen LogP contribution < -0.4 is 0 Å². The summed E-state index contributed by atoms with van der Waals surface area (Å²) in [5, 5.41) is 60.2. The Morgan fingerprint density at radius 1 is 0.562 bits per heavy atom. The Morgan fingerprint density at radius 2 is 1.02 bits per heavy atom. The van der Waals surface area contributed by atoms with Crippen LogP contribution in [0.25, 0.3) is 0 Å². The molecule has 0 heterocycles. The Kier molecular flexibility index (Phi) is 34.8. The Labute approximate surface area is 382 Å². The van der Waals surface area contributed by atoms with Crippen molar-refractivity contribution in [1.82, 2.24) is 0 Å². The van der Waals surface area contributed by atoms with Gasteiger partial charge in [0.25, 0.3) is 0 Å². The molecule has 0 spiro atoms. The summed E-state index contributed by atoms with van der Waals surface area (Å²) in [6.07, 6.45) is 33.5. The van der Waals surface area contributed by atoms with E-state index in [9.17, 15) is 49.7 Å². The normalized spacial score (nSPS) is 23.0. The second-order valence-corrected chi connectivity index (χ2v) is 17.2. The van der Waals surface area contributed by atoms with Crippen molar-refractivity contribution in [2.24, 2.45) is 0 Å². The van der Waals surface area contributed by atoms with E-state index < -0.39 is 81.8 Å². The summed E-state index contributed by atoms with van der Waals surface area (Å²) in [6, 6.07) is 0. The Bertz CT molecular complexity index is 1500. The molecule has 0 aliphatic heterocycles. The number of unbranched alkanes of at least 4 members (excludes halogenated alkanes) is 8. The summed E-state index contributed by atoms with van der Waals surface area (Å²) < 4.78 is 33.4. The molecule has 1 rings (SSSR count). The van der Waals surface area contributed by atoms with Crippen molar-refractivity contribution in [1.29, 1.82) is 0 Å². The molecule has 0 aromatic carbocycles. The van der Waals surface area contributed by atoms with Crippen LogP contribution in [0.3, 0.4) is 0 Å². The van der Waals surface area contributed by atoms with Crippen LogP contribution in [0.2, 0.25) is 0 Å². The van der Waals surface area contributed by atoms with Crippen molar-refractivity contribution in [3.8, 4) is 0 Å². The predicted octanol–water partition coefficient (Wildman–Crippen LogP) is 8.02. The molecule has 0 aromatic rings. The maximum Gasteiger partial charge on any atom is 0.472 e. The molecule has 9 atom stereocenters. The number of ether oxygens (including phenoxy) is 2. The minimum absolute atomic E-state index is 0.0285. The average Bonchev–Trinajstić information content (AvgIpc) is 3.27. The zero-order valence-electron chi connectivity index (χ0n) is 38.1. The van der Waals surface area contributed by atoms with Crippen molar-refractivity contribution in [2.75, 3.05) is 13.2 Å². The van der Waals surface area contributed by atoms with Crippen molar-refractivity contribution >= 4 is 19.8 Å². The molecule has 7 N–H and O–H groups in total. The third kappa shape index (κ3) is 30.0. The van der Waals surface area contributed by atoms with Crippen molar-refractivity contribution in [3.05, 3.63) is 97.2 Å². The minimum atomic E-state index is -5.17. The van der Waals surface area contributed by atoms with E-state index in [0.29, 0.717) is 38.5 Å². The molecule has 0 bridgehead atoms. The van der Waals surface area contributed by atoms with E-state index in [1.54, 1.807) is 12.2 Å². The van der Waals surface area contributed by atoms with E-state index in [-0.39, 0.29) is 12.8 Å². The van der Waals surface area contributed by atoms with Gasteiger partial charge in [0.1, 0.15) is 43.2 Å². The van der Waals surface area contributed by atoms with Gasteiger partial charge in [-0.25, -0.2) is 4.57 Å². The summed E-state index contributed by atoms with van der Waals surface area (Å²) in [4.78, 5) is 35.7. The lowest BCUT2D eigenvalue weighted by atomic mass is 9.85. The van der Waals surface area contributed by atoms with Gasteiger partial charge in [0.2, 0.25) is 0 Å². The molecule has 14 nitrogen and oxygen atoms in total. The number of rotatable bonds is 36. The summed E-state index contributed by atoms with van der Waals surface area (Å²) in [6.45, 7) is 3.06. The first kappa shape index (κ1) is 58.7. The number of aliphatic hydroxyl groups excluding tert-OH is 6. The van der Waals surface area contributed by atoms with E-state index in [2.05, 4.69) is 56.4 Å². The monoisotopic (exact) mass is 923 g/mol. The van der Waals surface area contributed by atoms with Gasteiger partial charge in [0.15, 0.2) is 6.10 Å².